The average molecular weight is 215 g/mol. The predicted molar refractivity (Wildman–Crippen MR) is 55.8 cm³/mol. The molecule has 0 radical (unpaired) electrons. The highest BCUT2D eigenvalue weighted by Crippen LogP contribution is 2.29. The van der Waals surface area contributed by atoms with Crippen molar-refractivity contribution >= 4 is 5.69 Å². The maximum Gasteiger partial charge on any atom is 0.152 e. The molecular formula is C11H15F2NO. The van der Waals surface area contributed by atoms with Crippen molar-refractivity contribution in [2.24, 2.45) is 0 Å². The minimum atomic E-state index is -0.795. The number of nitrogens with two attached hydrogens (primary N) is 1. The van der Waals surface area contributed by atoms with Crippen molar-refractivity contribution in [1.29, 1.82) is 0 Å². The van der Waals surface area contributed by atoms with Crippen LogP contribution < -0.4 is 10.5 Å². The van der Waals surface area contributed by atoms with Crippen LogP contribution in [0.25, 0.3) is 0 Å². The lowest BCUT2D eigenvalue weighted by molar-refractivity contribution is 0.105. The van der Waals surface area contributed by atoms with Gasteiger partial charge in [0.15, 0.2) is 5.82 Å². The zero-order chi connectivity index (χ0) is 11.6. The Morgan fingerprint density at radius 3 is 2.47 bits per heavy atom. The van der Waals surface area contributed by atoms with Crippen LogP contribution in [0, 0.1) is 11.6 Å². The van der Waals surface area contributed by atoms with Crippen molar-refractivity contribution in [3.63, 3.8) is 0 Å². The Labute approximate surface area is 88.0 Å². The summed E-state index contributed by atoms with van der Waals surface area (Å²) in [6, 6.07) is 1.83. The Morgan fingerprint density at radius 2 is 1.93 bits per heavy atom. The summed E-state index contributed by atoms with van der Waals surface area (Å²) in [7, 11) is 0. The lowest BCUT2D eigenvalue weighted by Gasteiger charge is -2.25. The second kappa shape index (κ2) is 4.04. The van der Waals surface area contributed by atoms with Crippen LogP contribution >= 0.6 is 0 Å². The Hall–Kier alpha value is -1.32. The smallest absolute Gasteiger partial charge is 0.152 e. The molecule has 0 aliphatic heterocycles. The molecule has 0 saturated heterocycles. The van der Waals surface area contributed by atoms with E-state index in [1.54, 1.807) is 0 Å². The third-order valence-corrected chi connectivity index (χ3v) is 2.29. The fraction of sp³-hybridized carbons (Fsp3) is 0.455. The molecule has 0 aliphatic carbocycles. The molecule has 0 spiro atoms. The first kappa shape index (κ1) is 11.8. The number of anilines is 1. The number of nitrogen functional groups attached to an aromatic ring is 1. The van der Waals surface area contributed by atoms with Gasteiger partial charge in [-0.2, -0.15) is 0 Å². The van der Waals surface area contributed by atoms with Crippen molar-refractivity contribution < 1.29 is 13.5 Å². The van der Waals surface area contributed by atoms with E-state index in [0.717, 1.165) is 12.1 Å². The minimum absolute atomic E-state index is 0.0550. The summed E-state index contributed by atoms with van der Waals surface area (Å²) in [6.45, 7) is 5.58. The predicted octanol–water partition coefficient (Wildman–Crippen LogP) is 3.11. The van der Waals surface area contributed by atoms with Crippen molar-refractivity contribution in [3.8, 4) is 5.75 Å². The largest absolute Gasteiger partial charge is 0.485 e. The molecule has 4 heteroatoms. The van der Waals surface area contributed by atoms with Gasteiger partial charge in [0.25, 0.3) is 0 Å². The summed E-state index contributed by atoms with van der Waals surface area (Å²) >= 11 is 0. The Kier molecular flexibility index (Phi) is 3.17. The van der Waals surface area contributed by atoms with E-state index in [9.17, 15) is 8.78 Å². The molecule has 1 aromatic rings. The molecule has 0 bridgehead atoms. The molecule has 0 saturated carbocycles. The molecular weight excluding hydrogens is 200 g/mol. The summed E-state index contributed by atoms with van der Waals surface area (Å²) in [5.41, 5.74) is 4.80. The van der Waals surface area contributed by atoms with Crippen molar-refractivity contribution in [1.82, 2.24) is 0 Å². The topological polar surface area (TPSA) is 35.2 Å². The first-order chi connectivity index (χ1) is 6.85. The molecule has 0 aliphatic rings. The third kappa shape index (κ3) is 2.81. The van der Waals surface area contributed by atoms with Crippen LogP contribution in [-0.4, -0.2) is 5.60 Å². The highest BCUT2D eigenvalue weighted by Gasteiger charge is 2.20. The third-order valence-electron chi connectivity index (χ3n) is 2.29. The quantitative estimate of drug-likeness (QED) is 0.786. The first-order valence-electron chi connectivity index (χ1n) is 4.79. The summed E-state index contributed by atoms with van der Waals surface area (Å²) in [4.78, 5) is 0. The van der Waals surface area contributed by atoms with Gasteiger partial charge in [0, 0.05) is 12.1 Å². The van der Waals surface area contributed by atoms with Crippen LogP contribution in [0.1, 0.15) is 27.2 Å². The standard InChI is InChI=1S/C11H15F2NO/c1-4-11(2,3)15-9-6-7(12)5-8(13)10(9)14/h5-6H,4,14H2,1-3H3. The lowest BCUT2D eigenvalue weighted by Crippen LogP contribution is -2.27. The minimum Gasteiger partial charge on any atom is -0.485 e. The van der Waals surface area contributed by atoms with Gasteiger partial charge in [-0.1, -0.05) is 6.92 Å². The average Bonchev–Trinajstić information content (AvgIpc) is 2.13. The number of ether oxygens (including phenoxy) is 1. The first-order valence-corrected chi connectivity index (χ1v) is 4.79. The van der Waals surface area contributed by atoms with Crippen LogP contribution in [0.2, 0.25) is 0 Å². The molecule has 0 unspecified atom stereocenters. The van der Waals surface area contributed by atoms with Crippen molar-refractivity contribution in [2.75, 3.05) is 5.73 Å². The van der Waals surface area contributed by atoms with Gasteiger partial charge < -0.3 is 10.5 Å². The fourth-order valence-corrected chi connectivity index (χ4v) is 1.02. The number of halogens is 2. The summed E-state index contributed by atoms with van der Waals surface area (Å²) in [6.07, 6.45) is 0.713. The molecule has 1 rings (SSSR count). The highest BCUT2D eigenvalue weighted by atomic mass is 19.1. The van der Waals surface area contributed by atoms with Gasteiger partial charge in [0.1, 0.15) is 22.9 Å². The van der Waals surface area contributed by atoms with E-state index in [2.05, 4.69) is 0 Å². The normalized spacial score (nSPS) is 11.5. The molecule has 2 nitrogen and oxygen atoms in total. The van der Waals surface area contributed by atoms with Crippen LogP contribution in [0.3, 0.4) is 0 Å². The van der Waals surface area contributed by atoms with E-state index in [4.69, 9.17) is 10.5 Å². The second-order valence-electron chi connectivity index (χ2n) is 4.01. The monoisotopic (exact) mass is 215 g/mol. The second-order valence-corrected chi connectivity index (χ2v) is 4.01. The van der Waals surface area contributed by atoms with Crippen molar-refractivity contribution in [2.45, 2.75) is 32.8 Å². The van der Waals surface area contributed by atoms with E-state index in [0.29, 0.717) is 6.42 Å². The van der Waals surface area contributed by atoms with E-state index in [-0.39, 0.29) is 11.4 Å². The molecule has 84 valence electrons. The van der Waals surface area contributed by atoms with E-state index in [1.807, 2.05) is 20.8 Å². The number of benzene rings is 1. The van der Waals surface area contributed by atoms with Gasteiger partial charge in [-0.3, -0.25) is 0 Å². The highest BCUT2D eigenvalue weighted by molar-refractivity contribution is 5.53. The summed E-state index contributed by atoms with van der Waals surface area (Å²) in [5, 5.41) is 0. The fourth-order valence-electron chi connectivity index (χ4n) is 1.02. The van der Waals surface area contributed by atoms with Gasteiger partial charge in [-0.15, -0.1) is 0 Å². The van der Waals surface area contributed by atoms with Crippen LogP contribution in [-0.2, 0) is 0 Å². The van der Waals surface area contributed by atoms with Gasteiger partial charge in [-0.25, -0.2) is 8.78 Å². The van der Waals surface area contributed by atoms with Gasteiger partial charge in [-0.05, 0) is 20.3 Å². The maximum atomic E-state index is 13.1. The lowest BCUT2D eigenvalue weighted by atomic mass is 10.1. The van der Waals surface area contributed by atoms with Gasteiger partial charge in [0.2, 0.25) is 0 Å². The van der Waals surface area contributed by atoms with Crippen molar-refractivity contribution in [3.05, 3.63) is 23.8 Å². The molecule has 0 heterocycles. The van der Waals surface area contributed by atoms with Gasteiger partial charge >= 0.3 is 0 Å². The molecule has 0 fully saturated rings. The Balaban J connectivity index is 3.05. The zero-order valence-electron chi connectivity index (χ0n) is 9.10. The maximum absolute atomic E-state index is 13.1. The number of hydrogen-bond donors (Lipinski definition) is 1. The van der Waals surface area contributed by atoms with Gasteiger partial charge in [0.05, 0.1) is 0 Å². The number of rotatable bonds is 3. The van der Waals surface area contributed by atoms with Crippen LogP contribution in [0.4, 0.5) is 14.5 Å². The van der Waals surface area contributed by atoms with E-state index in [1.165, 1.54) is 0 Å². The van der Waals surface area contributed by atoms with E-state index >= 15 is 0 Å². The molecule has 2 N–H and O–H groups in total. The van der Waals surface area contributed by atoms with Crippen LogP contribution in [0.15, 0.2) is 12.1 Å². The Bertz CT molecular complexity index is 364. The van der Waals surface area contributed by atoms with E-state index < -0.39 is 17.2 Å². The molecule has 0 aromatic heterocycles. The Morgan fingerprint density at radius 1 is 1.33 bits per heavy atom. The summed E-state index contributed by atoms with van der Waals surface area (Å²) in [5.74, 6) is -1.43. The summed E-state index contributed by atoms with van der Waals surface area (Å²) < 4.78 is 31.4. The zero-order valence-corrected chi connectivity index (χ0v) is 9.10. The molecule has 15 heavy (non-hydrogen) atoms. The molecule has 1 aromatic carbocycles. The molecule has 0 atom stereocenters. The molecule has 0 amide bonds. The number of hydrogen-bond acceptors (Lipinski definition) is 2. The SMILES string of the molecule is CCC(C)(C)Oc1cc(F)cc(F)c1N. The van der Waals surface area contributed by atoms with Crippen LogP contribution in [0.5, 0.6) is 5.75 Å².